The van der Waals surface area contributed by atoms with Crippen molar-refractivity contribution in [3.05, 3.63) is 36.4 Å². The van der Waals surface area contributed by atoms with Crippen molar-refractivity contribution in [2.24, 2.45) is 0 Å². The maximum atomic E-state index is 10.4. The van der Waals surface area contributed by atoms with Crippen molar-refractivity contribution in [3.8, 4) is 11.5 Å². The number of aromatic hydroxyl groups is 2. The first-order valence-corrected chi connectivity index (χ1v) is 3.79. The fraction of sp³-hybridized carbons (Fsp3) is 0. The first-order chi connectivity index (χ1) is 7.77. The van der Waals surface area contributed by atoms with Gasteiger partial charge in [-0.1, -0.05) is 0 Å². The molecule has 0 spiro atoms. The second-order valence-electron chi connectivity index (χ2n) is 2.73. The van der Waals surface area contributed by atoms with E-state index < -0.39 is 43.3 Å². The summed E-state index contributed by atoms with van der Waals surface area (Å²) in [7, 11) is 0. The average molecular weight is 452 g/mol. The molecule has 18 heavy (non-hydrogen) atoms. The minimum absolute atomic E-state index is 0. The molecule has 0 saturated heterocycles. The van der Waals surface area contributed by atoms with Gasteiger partial charge in [0.1, 0.15) is 6.07 Å². The third kappa shape index (κ3) is 2.60. The predicted octanol–water partition coefficient (Wildman–Crippen LogP) is 0.442. The zero-order valence-electron chi connectivity index (χ0n) is 8.26. The van der Waals surface area contributed by atoms with Crippen LogP contribution in [0.2, 0.25) is 0 Å². The zero-order valence-corrected chi connectivity index (χ0v) is 12.2. The predicted molar refractivity (Wildman–Crippen MR) is 55.5 cm³/mol. The van der Waals surface area contributed by atoms with Gasteiger partial charge < -0.3 is 10.2 Å². The Hall–Kier alpha value is -2.06. The molecule has 1 rings (SSSR count). The molecule has 0 fully saturated rings. The van der Waals surface area contributed by atoms with Crippen LogP contribution in [0.15, 0.2) is 6.07 Å². The van der Waals surface area contributed by atoms with Gasteiger partial charge in [-0.05, 0) is 0 Å². The van der Waals surface area contributed by atoms with Crippen LogP contribution in [0, 0.1) is 30.3 Å². The maximum Gasteiger partial charge on any atom is 0.366 e. The second-order valence-corrected chi connectivity index (χ2v) is 2.73. The van der Waals surface area contributed by atoms with Gasteiger partial charge in [-0.3, -0.25) is 30.3 Å². The van der Waals surface area contributed by atoms with Gasteiger partial charge in [0.05, 0.1) is 14.8 Å². The summed E-state index contributed by atoms with van der Waals surface area (Å²) < 4.78 is 0. The molecule has 94 valence electrons. The Morgan fingerprint density at radius 3 is 1.39 bits per heavy atom. The van der Waals surface area contributed by atoms with E-state index in [0.29, 0.717) is 0 Å². The largest absolute Gasteiger partial charge is 0.497 e. The van der Waals surface area contributed by atoms with Crippen LogP contribution in [0.4, 0.5) is 17.1 Å². The van der Waals surface area contributed by atoms with E-state index in [9.17, 15) is 30.3 Å². The molecule has 0 amide bonds. The van der Waals surface area contributed by atoms with Crippen LogP contribution in [0.1, 0.15) is 0 Å². The molecule has 1 aromatic carbocycles. The number of benzene rings is 1. The molecule has 4 radical (unpaired) electrons. The van der Waals surface area contributed by atoms with E-state index in [1.165, 1.54) is 0 Å². The van der Waals surface area contributed by atoms with Gasteiger partial charge in [-0.2, -0.15) is 0 Å². The van der Waals surface area contributed by atoms with Gasteiger partial charge >= 0.3 is 17.1 Å². The smallest absolute Gasteiger partial charge is 0.366 e. The van der Waals surface area contributed by atoms with E-state index in [1.54, 1.807) is 0 Å². The number of phenols is 2. The first-order valence-electron chi connectivity index (χ1n) is 3.79. The number of nitro groups is 3. The van der Waals surface area contributed by atoms with Crippen LogP contribution < -0.4 is 0 Å². The van der Waals surface area contributed by atoms with Gasteiger partial charge in [0.2, 0.25) is 0 Å². The Labute approximate surface area is 117 Å². The fourth-order valence-electron chi connectivity index (χ4n) is 1.07. The van der Waals surface area contributed by atoms with E-state index in [1.807, 2.05) is 0 Å². The summed E-state index contributed by atoms with van der Waals surface area (Å²) in [5, 5.41) is 49.5. The average Bonchev–Trinajstić information content (AvgIpc) is 2.15. The van der Waals surface area contributed by atoms with Gasteiger partial charge in [0.15, 0.2) is 0 Å². The molecular formula is C6H3N3O8Pb. The van der Waals surface area contributed by atoms with Gasteiger partial charge in [0, 0.05) is 27.3 Å². The van der Waals surface area contributed by atoms with Gasteiger partial charge in [-0.25, -0.2) is 0 Å². The molecule has 0 atom stereocenters. The van der Waals surface area contributed by atoms with Crippen molar-refractivity contribution in [1.82, 2.24) is 0 Å². The van der Waals surface area contributed by atoms with Crippen molar-refractivity contribution in [3.63, 3.8) is 0 Å². The molecule has 0 heterocycles. The second kappa shape index (κ2) is 5.52. The number of nitrogens with zero attached hydrogens (tertiary/aromatic N) is 3. The summed E-state index contributed by atoms with van der Waals surface area (Å²) in [5.41, 5.74) is -3.95. The van der Waals surface area contributed by atoms with E-state index in [4.69, 9.17) is 10.2 Å². The Bertz CT molecular complexity index is 506. The van der Waals surface area contributed by atoms with Crippen LogP contribution in [0.25, 0.3) is 0 Å². The van der Waals surface area contributed by atoms with E-state index in [0.717, 1.165) is 0 Å². The first kappa shape index (κ1) is 15.9. The standard InChI is InChI=1S/C6H3N3O8.Pb/c10-5-2(7(12)13)1-3(8(14)15)6(11)4(5)9(16)17;/h1,10-11H;. The van der Waals surface area contributed by atoms with Crippen LogP contribution in [-0.4, -0.2) is 52.3 Å². The van der Waals surface area contributed by atoms with Crippen LogP contribution in [-0.2, 0) is 0 Å². The summed E-state index contributed by atoms with van der Waals surface area (Å²) in [6.45, 7) is 0. The number of nitro benzene ring substituents is 3. The van der Waals surface area contributed by atoms with Crippen LogP contribution >= 0.6 is 0 Å². The van der Waals surface area contributed by atoms with Crippen molar-refractivity contribution in [1.29, 1.82) is 0 Å². The van der Waals surface area contributed by atoms with Crippen molar-refractivity contribution >= 4 is 44.4 Å². The Morgan fingerprint density at radius 2 is 1.17 bits per heavy atom. The Balaban J connectivity index is 0.00000289. The van der Waals surface area contributed by atoms with Crippen LogP contribution in [0.5, 0.6) is 11.5 Å². The normalized spacial score (nSPS) is 9.33. The molecule has 0 aromatic heterocycles. The molecule has 0 saturated carbocycles. The SMILES string of the molecule is O=[N+]([O-])c1cc([N+](=O)[O-])c(O)c([N+](=O)[O-])c1O.[Pb]. The topological polar surface area (TPSA) is 170 Å². The van der Waals surface area contributed by atoms with E-state index >= 15 is 0 Å². The molecule has 1 aromatic rings. The molecule has 0 aliphatic carbocycles. The molecular weight excluding hydrogens is 449 g/mol. The third-order valence-electron chi connectivity index (χ3n) is 1.78. The molecule has 0 bridgehead atoms. The van der Waals surface area contributed by atoms with Crippen molar-refractivity contribution in [2.45, 2.75) is 0 Å². The summed E-state index contributed by atoms with van der Waals surface area (Å²) in [5.74, 6) is -2.88. The minimum Gasteiger partial charge on any atom is -0.497 e. The fourth-order valence-corrected chi connectivity index (χ4v) is 1.07. The summed E-state index contributed by atoms with van der Waals surface area (Å²) in [6.07, 6.45) is 0. The quantitative estimate of drug-likeness (QED) is 0.378. The molecule has 12 heteroatoms. The maximum absolute atomic E-state index is 10.4. The van der Waals surface area contributed by atoms with Crippen molar-refractivity contribution < 1.29 is 25.0 Å². The number of hydrogen-bond acceptors (Lipinski definition) is 8. The van der Waals surface area contributed by atoms with Crippen LogP contribution in [0.3, 0.4) is 0 Å². The van der Waals surface area contributed by atoms with E-state index in [2.05, 4.69) is 0 Å². The monoisotopic (exact) mass is 453 g/mol. The summed E-state index contributed by atoms with van der Waals surface area (Å²) in [4.78, 5) is 27.4. The molecule has 2 N–H and O–H groups in total. The Kier molecular flexibility index (Phi) is 4.89. The molecule has 0 aliphatic rings. The Morgan fingerprint density at radius 1 is 0.833 bits per heavy atom. The number of phenolic OH excluding ortho intramolecular Hbond substituents is 2. The van der Waals surface area contributed by atoms with E-state index in [-0.39, 0.29) is 33.4 Å². The minimum atomic E-state index is -1.48. The van der Waals surface area contributed by atoms with Gasteiger partial charge in [0.25, 0.3) is 11.5 Å². The third-order valence-corrected chi connectivity index (χ3v) is 1.78. The molecule has 0 unspecified atom stereocenters. The summed E-state index contributed by atoms with van der Waals surface area (Å²) in [6, 6.07) is 0.234. The number of rotatable bonds is 3. The van der Waals surface area contributed by atoms with Crippen molar-refractivity contribution in [2.75, 3.05) is 0 Å². The summed E-state index contributed by atoms with van der Waals surface area (Å²) >= 11 is 0. The molecule has 0 aliphatic heterocycles. The zero-order chi connectivity index (χ0) is 13.3. The molecule has 11 nitrogen and oxygen atoms in total. The van der Waals surface area contributed by atoms with Gasteiger partial charge in [-0.15, -0.1) is 0 Å². The number of hydrogen-bond donors (Lipinski definition) is 2.